The average Bonchev–Trinajstić information content (AvgIpc) is 2.18. The zero-order valence-electron chi connectivity index (χ0n) is 7.44. The first-order chi connectivity index (χ1) is 7.04. The largest absolute Gasteiger partial charge is 0.505 e. The second-order valence-corrected chi connectivity index (χ2v) is 2.67. The Morgan fingerprint density at radius 2 is 2.20 bits per heavy atom. The maximum Gasteiger partial charge on any atom is 0.329 e. The number of hydrogen-bond acceptors (Lipinski definition) is 3. The van der Waals surface area contributed by atoms with Crippen molar-refractivity contribution in [1.29, 1.82) is 5.26 Å². The van der Waals surface area contributed by atoms with Gasteiger partial charge in [0.1, 0.15) is 6.07 Å². The minimum Gasteiger partial charge on any atom is -0.505 e. The molecule has 0 aliphatic rings. The summed E-state index contributed by atoms with van der Waals surface area (Å²) in [5, 5.41) is 25.9. The third-order valence-corrected chi connectivity index (χ3v) is 1.65. The standard InChI is InChI=1S/C10H6FNO3/c11-8-3-6(1-2-9(8)13)7(5-12)4-10(14)15/h1-4,13H,(H,14,15). The van der Waals surface area contributed by atoms with Gasteiger partial charge in [0, 0.05) is 6.08 Å². The van der Waals surface area contributed by atoms with Crippen molar-refractivity contribution < 1.29 is 19.4 Å². The maximum atomic E-state index is 12.9. The smallest absolute Gasteiger partial charge is 0.329 e. The Bertz CT molecular complexity index is 474. The van der Waals surface area contributed by atoms with E-state index in [9.17, 15) is 9.18 Å². The predicted molar refractivity (Wildman–Crippen MR) is 49.3 cm³/mol. The van der Waals surface area contributed by atoms with Crippen LogP contribution in [0.3, 0.4) is 0 Å². The molecule has 0 spiro atoms. The van der Waals surface area contributed by atoms with Gasteiger partial charge in [0.15, 0.2) is 11.6 Å². The molecule has 0 atom stereocenters. The molecule has 2 N–H and O–H groups in total. The van der Waals surface area contributed by atoms with Crippen LogP contribution in [-0.4, -0.2) is 16.2 Å². The molecule has 76 valence electrons. The molecule has 0 aliphatic carbocycles. The summed E-state index contributed by atoms with van der Waals surface area (Å²) in [6.45, 7) is 0. The second-order valence-electron chi connectivity index (χ2n) is 2.67. The number of phenols is 1. The van der Waals surface area contributed by atoms with Crippen molar-refractivity contribution in [2.75, 3.05) is 0 Å². The molecule has 5 heteroatoms. The van der Waals surface area contributed by atoms with Crippen LogP contribution in [0.25, 0.3) is 5.57 Å². The highest BCUT2D eigenvalue weighted by atomic mass is 19.1. The number of phenolic OH excluding ortho intramolecular Hbond substituents is 1. The van der Waals surface area contributed by atoms with E-state index >= 15 is 0 Å². The van der Waals surface area contributed by atoms with Crippen molar-refractivity contribution >= 4 is 11.5 Å². The number of carboxylic acid groups (broad SMARTS) is 1. The number of allylic oxidation sites excluding steroid dienone is 1. The van der Waals surface area contributed by atoms with Crippen LogP contribution in [-0.2, 0) is 4.79 Å². The van der Waals surface area contributed by atoms with Crippen LogP contribution < -0.4 is 0 Å². The molecule has 0 fully saturated rings. The summed E-state index contributed by atoms with van der Waals surface area (Å²) >= 11 is 0. The van der Waals surface area contributed by atoms with Crippen molar-refractivity contribution in [3.63, 3.8) is 0 Å². The number of carboxylic acids is 1. The van der Waals surface area contributed by atoms with Gasteiger partial charge in [-0.05, 0) is 23.8 Å². The Morgan fingerprint density at radius 1 is 1.53 bits per heavy atom. The topological polar surface area (TPSA) is 81.3 Å². The molecule has 0 saturated carbocycles. The molecule has 0 aromatic heterocycles. The lowest BCUT2D eigenvalue weighted by Crippen LogP contribution is -1.91. The van der Waals surface area contributed by atoms with Gasteiger partial charge < -0.3 is 10.2 Å². The highest BCUT2D eigenvalue weighted by Crippen LogP contribution is 2.21. The number of nitriles is 1. The summed E-state index contributed by atoms with van der Waals surface area (Å²) in [4.78, 5) is 10.3. The van der Waals surface area contributed by atoms with Gasteiger partial charge in [-0.1, -0.05) is 0 Å². The van der Waals surface area contributed by atoms with E-state index in [4.69, 9.17) is 15.5 Å². The molecule has 0 amide bonds. The lowest BCUT2D eigenvalue weighted by molar-refractivity contribution is -0.131. The number of carbonyl (C=O) groups is 1. The average molecular weight is 207 g/mol. The van der Waals surface area contributed by atoms with E-state index in [1.165, 1.54) is 6.07 Å². The summed E-state index contributed by atoms with van der Waals surface area (Å²) in [6.07, 6.45) is 0.672. The summed E-state index contributed by atoms with van der Waals surface area (Å²) < 4.78 is 12.9. The molecule has 4 nitrogen and oxygen atoms in total. The van der Waals surface area contributed by atoms with Crippen molar-refractivity contribution in [1.82, 2.24) is 0 Å². The van der Waals surface area contributed by atoms with Crippen LogP contribution in [0.1, 0.15) is 5.56 Å². The monoisotopic (exact) mass is 207 g/mol. The highest BCUT2D eigenvalue weighted by Gasteiger charge is 2.07. The fourth-order valence-electron chi connectivity index (χ4n) is 0.978. The van der Waals surface area contributed by atoms with Crippen LogP contribution in [0.4, 0.5) is 4.39 Å². The summed E-state index contributed by atoms with van der Waals surface area (Å²) in [5.41, 5.74) is -0.0726. The molecule has 0 unspecified atom stereocenters. The van der Waals surface area contributed by atoms with Gasteiger partial charge in [0.05, 0.1) is 5.57 Å². The number of hydrogen-bond donors (Lipinski definition) is 2. The van der Waals surface area contributed by atoms with Gasteiger partial charge >= 0.3 is 5.97 Å². The summed E-state index contributed by atoms with van der Waals surface area (Å²) in [7, 11) is 0. The van der Waals surface area contributed by atoms with Crippen LogP contribution in [0.2, 0.25) is 0 Å². The zero-order chi connectivity index (χ0) is 11.4. The van der Waals surface area contributed by atoms with E-state index in [0.29, 0.717) is 6.08 Å². The first kappa shape index (κ1) is 10.7. The molecule has 0 bridgehead atoms. The van der Waals surface area contributed by atoms with Gasteiger partial charge in [-0.3, -0.25) is 0 Å². The number of halogens is 1. The van der Waals surface area contributed by atoms with E-state index < -0.39 is 17.5 Å². The fraction of sp³-hybridized carbons (Fsp3) is 0. The lowest BCUT2D eigenvalue weighted by Gasteiger charge is -1.99. The van der Waals surface area contributed by atoms with E-state index in [0.717, 1.165) is 12.1 Å². The molecular formula is C10H6FNO3. The first-order valence-corrected chi connectivity index (χ1v) is 3.88. The van der Waals surface area contributed by atoms with Gasteiger partial charge in [0.25, 0.3) is 0 Å². The molecule has 0 aliphatic heterocycles. The Hall–Kier alpha value is -2.35. The fourth-order valence-corrected chi connectivity index (χ4v) is 0.978. The van der Waals surface area contributed by atoms with Crippen LogP contribution >= 0.6 is 0 Å². The Labute approximate surface area is 84.5 Å². The SMILES string of the molecule is N#CC(=CC(=O)O)c1ccc(O)c(F)c1. The minimum atomic E-state index is -1.29. The van der Waals surface area contributed by atoms with Crippen LogP contribution in [0.5, 0.6) is 5.75 Å². The van der Waals surface area contributed by atoms with E-state index in [1.807, 2.05) is 0 Å². The summed E-state index contributed by atoms with van der Waals surface area (Å²) in [5.74, 6) is -2.74. The third-order valence-electron chi connectivity index (χ3n) is 1.65. The molecule has 1 aromatic rings. The Balaban J connectivity index is 3.21. The minimum absolute atomic E-state index is 0.107. The van der Waals surface area contributed by atoms with Crippen LogP contribution in [0, 0.1) is 17.1 Å². The Kier molecular flexibility index (Phi) is 3.03. The van der Waals surface area contributed by atoms with E-state index in [1.54, 1.807) is 6.07 Å². The van der Waals surface area contributed by atoms with Gasteiger partial charge in [-0.2, -0.15) is 5.26 Å². The van der Waals surface area contributed by atoms with Gasteiger partial charge in [-0.15, -0.1) is 0 Å². The first-order valence-electron chi connectivity index (χ1n) is 3.88. The van der Waals surface area contributed by atoms with Crippen molar-refractivity contribution in [2.45, 2.75) is 0 Å². The van der Waals surface area contributed by atoms with Gasteiger partial charge in [-0.25, -0.2) is 9.18 Å². The normalized spacial score (nSPS) is 10.8. The van der Waals surface area contributed by atoms with Crippen molar-refractivity contribution in [3.8, 4) is 11.8 Å². The maximum absolute atomic E-state index is 12.9. The predicted octanol–water partition coefficient (Wildman–Crippen LogP) is 1.52. The number of rotatable bonds is 2. The zero-order valence-corrected chi connectivity index (χ0v) is 7.44. The van der Waals surface area contributed by atoms with E-state index in [-0.39, 0.29) is 11.1 Å². The van der Waals surface area contributed by atoms with Crippen LogP contribution in [0.15, 0.2) is 24.3 Å². The quantitative estimate of drug-likeness (QED) is 0.569. The van der Waals surface area contributed by atoms with E-state index in [2.05, 4.69) is 0 Å². The molecule has 0 radical (unpaired) electrons. The van der Waals surface area contributed by atoms with Crippen molar-refractivity contribution in [3.05, 3.63) is 35.7 Å². The molecule has 1 rings (SSSR count). The molecule has 0 saturated heterocycles. The number of aliphatic carboxylic acids is 1. The number of nitrogens with zero attached hydrogens (tertiary/aromatic N) is 1. The molecular weight excluding hydrogens is 201 g/mol. The molecule has 0 heterocycles. The summed E-state index contributed by atoms with van der Waals surface area (Å²) in [6, 6.07) is 4.84. The highest BCUT2D eigenvalue weighted by molar-refractivity contribution is 5.94. The second kappa shape index (κ2) is 4.24. The number of aromatic hydroxyl groups is 1. The lowest BCUT2D eigenvalue weighted by atomic mass is 10.1. The molecule has 1 aromatic carbocycles. The number of benzene rings is 1. The van der Waals surface area contributed by atoms with Gasteiger partial charge in [0.2, 0.25) is 0 Å². The third kappa shape index (κ3) is 2.54. The Morgan fingerprint density at radius 3 is 2.67 bits per heavy atom. The van der Waals surface area contributed by atoms with Crippen molar-refractivity contribution in [2.24, 2.45) is 0 Å². The molecule has 15 heavy (non-hydrogen) atoms.